The standard InChI is InChI=1S/C6H10O7S/c1-2-3-6(9,4-7)5(8)13-14(10,11)12/h2,7,9H,1,3-4H2,(H,10,11,12). The van der Waals surface area contributed by atoms with Crippen molar-refractivity contribution < 1.29 is 32.2 Å². The van der Waals surface area contributed by atoms with E-state index in [0.717, 1.165) is 6.08 Å². The van der Waals surface area contributed by atoms with Gasteiger partial charge in [0, 0.05) is 6.42 Å². The largest absolute Gasteiger partial charge is 0.449 e. The van der Waals surface area contributed by atoms with Gasteiger partial charge in [-0.3, -0.25) is 4.55 Å². The zero-order valence-electron chi connectivity index (χ0n) is 7.08. The summed E-state index contributed by atoms with van der Waals surface area (Å²) in [6.07, 6.45) is 0.680. The third-order valence-electron chi connectivity index (χ3n) is 1.30. The van der Waals surface area contributed by atoms with Crippen molar-refractivity contribution in [1.82, 2.24) is 0 Å². The van der Waals surface area contributed by atoms with Crippen LogP contribution in [0.1, 0.15) is 6.42 Å². The molecule has 0 heterocycles. The van der Waals surface area contributed by atoms with Gasteiger partial charge >= 0.3 is 16.4 Å². The Labute approximate surface area is 80.6 Å². The lowest BCUT2D eigenvalue weighted by Crippen LogP contribution is -2.44. The van der Waals surface area contributed by atoms with Gasteiger partial charge in [0.15, 0.2) is 5.60 Å². The molecular formula is C6H10O7S. The van der Waals surface area contributed by atoms with Crippen molar-refractivity contribution in [2.75, 3.05) is 6.61 Å². The third-order valence-corrected chi connectivity index (χ3v) is 1.67. The average Bonchev–Trinajstić information content (AvgIpc) is 2.01. The van der Waals surface area contributed by atoms with Crippen LogP contribution >= 0.6 is 0 Å². The summed E-state index contributed by atoms with van der Waals surface area (Å²) in [5.41, 5.74) is -2.41. The first kappa shape index (κ1) is 13.0. The Bertz CT molecular complexity index is 319. The number of carbonyl (C=O) groups excluding carboxylic acids is 1. The van der Waals surface area contributed by atoms with Gasteiger partial charge in [0.25, 0.3) is 0 Å². The van der Waals surface area contributed by atoms with E-state index in [4.69, 9.17) is 9.66 Å². The topological polar surface area (TPSA) is 121 Å². The summed E-state index contributed by atoms with van der Waals surface area (Å²) in [7, 11) is -4.99. The molecule has 3 N–H and O–H groups in total. The normalized spacial score (nSPS) is 15.6. The molecule has 14 heavy (non-hydrogen) atoms. The second kappa shape index (κ2) is 4.51. The lowest BCUT2D eigenvalue weighted by atomic mass is 10.0. The summed E-state index contributed by atoms with van der Waals surface area (Å²) >= 11 is 0. The fourth-order valence-electron chi connectivity index (χ4n) is 0.624. The first-order valence-electron chi connectivity index (χ1n) is 3.40. The van der Waals surface area contributed by atoms with Gasteiger partial charge in [0.1, 0.15) is 0 Å². The van der Waals surface area contributed by atoms with Crippen molar-refractivity contribution in [1.29, 1.82) is 0 Å². The molecule has 82 valence electrons. The van der Waals surface area contributed by atoms with Crippen molar-refractivity contribution in [3.8, 4) is 0 Å². The lowest BCUT2D eigenvalue weighted by Gasteiger charge is -2.20. The molecule has 0 aromatic carbocycles. The molecule has 0 fully saturated rings. The highest BCUT2D eigenvalue weighted by molar-refractivity contribution is 7.81. The predicted molar refractivity (Wildman–Crippen MR) is 44.5 cm³/mol. The summed E-state index contributed by atoms with van der Waals surface area (Å²) < 4.78 is 31.8. The SMILES string of the molecule is C=CCC(O)(CO)C(=O)OS(=O)(=O)O. The molecule has 0 aromatic rings. The van der Waals surface area contributed by atoms with Crippen molar-refractivity contribution >= 4 is 16.4 Å². The fraction of sp³-hybridized carbons (Fsp3) is 0.500. The molecule has 0 aliphatic heterocycles. The number of hydrogen-bond donors (Lipinski definition) is 3. The Hall–Kier alpha value is -0.960. The molecule has 7 nitrogen and oxygen atoms in total. The first-order chi connectivity index (χ1) is 6.25. The molecule has 0 spiro atoms. The molecule has 0 aliphatic rings. The molecule has 1 atom stereocenters. The quantitative estimate of drug-likeness (QED) is 0.390. The predicted octanol–water partition coefficient (Wildman–Crippen LogP) is -1.37. The van der Waals surface area contributed by atoms with Crippen molar-refractivity contribution in [2.45, 2.75) is 12.0 Å². The van der Waals surface area contributed by atoms with E-state index < -0.39 is 35.0 Å². The molecule has 0 saturated heterocycles. The number of rotatable bonds is 5. The molecule has 0 aliphatic carbocycles. The van der Waals surface area contributed by atoms with Gasteiger partial charge in [-0.1, -0.05) is 6.08 Å². The molecule has 0 rings (SSSR count). The Kier molecular flexibility index (Phi) is 4.20. The summed E-state index contributed by atoms with van der Waals surface area (Å²) in [5, 5.41) is 17.9. The number of aliphatic hydroxyl groups is 2. The van der Waals surface area contributed by atoms with E-state index in [1.807, 2.05) is 0 Å². The molecule has 1 unspecified atom stereocenters. The monoisotopic (exact) mass is 226 g/mol. The minimum Gasteiger partial charge on any atom is -0.393 e. The van der Waals surface area contributed by atoms with E-state index in [1.165, 1.54) is 0 Å². The molecule has 0 bridgehead atoms. The van der Waals surface area contributed by atoms with Crippen LogP contribution in [-0.2, 0) is 19.4 Å². The fourth-order valence-corrected chi connectivity index (χ4v) is 0.971. The summed E-state index contributed by atoms with van der Waals surface area (Å²) in [5.74, 6) is -1.66. The van der Waals surface area contributed by atoms with Gasteiger partial charge < -0.3 is 14.4 Å². The summed E-state index contributed by atoms with van der Waals surface area (Å²) in [6.45, 7) is 2.13. The second-order valence-corrected chi connectivity index (χ2v) is 3.50. The summed E-state index contributed by atoms with van der Waals surface area (Å²) in [4.78, 5) is 10.9. The van der Waals surface area contributed by atoms with Crippen molar-refractivity contribution in [2.24, 2.45) is 0 Å². The van der Waals surface area contributed by atoms with E-state index in [9.17, 15) is 18.3 Å². The van der Waals surface area contributed by atoms with Gasteiger partial charge in [0.05, 0.1) is 6.61 Å². The smallest absolute Gasteiger partial charge is 0.393 e. The Balaban J connectivity index is 4.71. The minimum atomic E-state index is -4.99. The zero-order chi connectivity index (χ0) is 11.4. The van der Waals surface area contributed by atoms with Crippen LogP contribution in [0.15, 0.2) is 12.7 Å². The van der Waals surface area contributed by atoms with Crippen molar-refractivity contribution in [3.63, 3.8) is 0 Å². The van der Waals surface area contributed by atoms with Gasteiger partial charge in [0.2, 0.25) is 0 Å². The third kappa shape index (κ3) is 3.83. The van der Waals surface area contributed by atoms with Crippen LogP contribution in [0.5, 0.6) is 0 Å². The average molecular weight is 226 g/mol. The molecular weight excluding hydrogens is 216 g/mol. The maximum absolute atomic E-state index is 10.9. The van der Waals surface area contributed by atoms with E-state index >= 15 is 0 Å². The van der Waals surface area contributed by atoms with Gasteiger partial charge in [-0.05, 0) is 0 Å². The zero-order valence-corrected chi connectivity index (χ0v) is 7.90. The minimum absolute atomic E-state index is 0.405. The number of aliphatic hydroxyl groups excluding tert-OH is 1. The highest BCUT2D eigenvalue weighted by atomic mass is 32.3. The molecule has 8 heteroatoms. The second-order valence-electron chi connectivity index (χ2n) is 2.48. The lowest BCUT2D eigenvalue weighted by molar-refractivity contribution is -0.159. The van der Waals surface area contributed by atoms with E-state index in [-0.39, 0.29) is 0 Å². The van der Waals surface area contributed by atoms with E-state index in [1.54, 1.807) is 0 Å². The maximum atomic E-state index is 10.9. The van der Waals surface area contributed by atoms with Crippen LogP contribution in [0.25, 0.3) is 0 Å². The highest BCUT2D eigenvalue weighted by Crippen LogP contribution is 2.13. The van der Waals surface area contributed by atoms with Crippen LogP contribution in [0.3, 0.4) is 0 Å². The Morgan fingerprint density at radius 2 is 2.07 bits per heavy atom. The van der Waals surface area contributed by atoms with E-state index in [0.29, 0.717) is 0 Å². The molecule has 0 aromatic heterocycles. The van der Waals surface area contributed by atoms with Crippen LogP contribution in [-0.4, -0.2) is 41.4 Å². The van der Waals surface area contributed by atoms with Gasteiger partial charge in [-0.25, -0.2) is 4.79 Å². The van der Waals surface area contributed by atoms with Crippen LogP contribution in [0.2, 0.25) is 0 Å². The number of hydrogen-bond acceptors (Lipinski definition) is 6. The van der Waals surface area contributed by atoms with Crippen molar-refractivity contribution in [3.05, 3.63) is 12.7 Å². The van der Waals surface area contributed by atoms with Gasteiger partial charge in [-0.2, -0.15) is 8.42 Å². The first-order valence-corrected chi connectivity index (χ1v) is 4.77. The van der Waals surface area contributed by atoms with Gasteiger partial charge in [-0.15, -0.1) is 6.58 Å². The van der Waals surface area contributed by atoms with Crippen LogP contribution in [0, 0.1) is 0 Å². The Morgan fingerprint density at radius 1 is 1.57 bits per heavy atom. The van der Waals surface area contributed by atoms with E-state index in [2.05, 4.69) is 10.8 Å². The Morgan fingerprint density at radius 3 is 2.36 bits per heavy atom. The molecule has 0 saturated carbocycles. The molecule has 0 radical (unpaired) electrons. The van der Waals surface area contributed by atoms with Crippen LogP contribution in [0.4, 0.5) is 0 Å². The maximum Gasteiger partial charge on any atom is 0.449 e. The summed E-state index contributed by atoms with van der Waals surface area (Å²) in [6, 6.07) is 0. The van der Waals surface area contributed by atoms with Crippen LogP contribution < -0.4 is 0 Å². The molecule has 0 amide bonds. The number of carbonyl (C=O) groups is 1. The highest BCUT2D eigenvalue weighted by Gasteiger charge is 2.38.